The highest BCUT2D eigenvalue weighted by atomic mass is 19.1. The van der Waals surface area contributed by atoms with E-state index in [1.807, 2.05) is 12.1 Å². The zero-order chi connectivity index (χ0) is 9.80. The molecular formula is C13H17F. The Morgan fingerprint density at radius 2 is 1.57 bits per heavy atom. The third-order valence-electron chi connectivity index (χ3n) is 3.20. The predicted octanol–water partition coefficient (Wildman–Crippen LogP) is 4.26. The minimum atomic E-state index is -0.0144. The second-order valence-corrected chi connectivity index (χ2v) is 4.21. The van der Waals surface area contributed by atoms with Crippen LogP contribution in [0, 0.1) is 5.82 Å². The maximum absolute atomic E-state index is 13.5. The maximum Gasteiger partial charge on any atom is 0.126 e. The summed E-state index contributed by atoms with van der Waals surface area (Å²) in [7, 11) is 0. The van der Waals surface area contributed by atoms with Crippen molar-refractivity contribution < 1.29 is 4.39 Å². The van der Waals surface area contributed by atoms with Gasteiger partial charge >= 0.3 is 0 Å². The molecule has 0 atom stereocenters. The van der Waals surface area contributed by atoms with Crippen LogP contribution in [0.2, 0.25) is 0 Å². The standard InChI is InChI=1S/C13H17F/c14-13-10-6-5-9-12(13)11-7-3-1-2-4-8-11/h5-6,9-11H,1-4,7-8H2. The van der Waals surface area contributed by atoms with E-state index in [0.717, 1.165) is 5.56 Å². The van der Waals surface area contributed by atoms with Gasteiger partial charge in [-0.25, -0.2) is 4.39 Å². The number of rotatable bonds is 1. The summed E-state index contributed by atoms with van der Waals surface area (Å²) in [6, 6.07) is 7.25. The van der Waals surface area contributed by atoms with Crippen LogP contribution in [-0.4, -0.2) is 0 Å². The molecule has 2 rings (SSSR count). The Morgan fingerprint density at radius 1 is 0.929 bits per heavy atom. The summed E-state index contributed by atoms with van der Waals surface area (Å²) in [4.78, 5) is 0. The van der Waals surface area contributed by atoms with Crippen LogP contribution in [0.15, 0.2) is 24.3 Å². The van der Waals surface area contributed by atoms with Gasteiger partial charge in [0.15, 0.2) is 0 Å². The Morgan fingerprint density at radius 3 is 2.21 bits per heavy atom. The largest absolute Gasteiger partial charge is 0.207 e. The van der Waals surface area contributed by atoms with Gasteiger partial charge in [-0.1, -0.05) is 43.9 Å². The van der Waals surface area contributed by atoms with Gasteiger partial charge in [-0.3, -0.25) is 0 Å². The first-order valence-electron chi connectivity index (χ1n) is 5.62. The van der Waals surface area contributed by atoms with Gasteiger partial charge in [0.1, 0.15) is 5.82 Å². The van der Waals surface area contributed by atoms with Crippen molar-refractivity contribution in [2.24, 2.45) is 0 Å². The lowest BCUT2D eigenvalue weighted by molar-refractivity contribution is 0.537. The van der Waals surface area contributed by atoms with Crippen LogP contribution in [0.4, 0.5) is 4.39 Å². The van der Waals surface area contributed by atoms with Gasteiger partial charge in [-0.15, -0.1) is 0 Å². The highest BCUT2D eigenvalue weighted by Crippen LogP contribution is 2.32. The zero-order valence-electron chi connectivity index (χ0n) is 8.51. The average Bonchev–Trinajstić information content (AvgIpc) is 2.47. The van der Waals surface area contributed by atoms with Crippen LogP contribution in [0.5, 0.6) is 0 Å². The van der Waals surface area contributed by atoms with Gasteiger partial charge in [0.25, 0.3) is 0 Å². The molecule has 0 amide bonds. The number of benzene rings is 1. The summed E-state index contributed by atoms with van der Waals surface area (Å²) < 4.78 is 13.5. The van der Waals surface area contributed by atoms with Crippen molar-refractivity contribution in [1.29, 1.82) is 0 Å². The summed E-state index contributed by atoms with van der Waals surface area (Å²) >= 11 is 0. The van der Waals surface area contributed by atoms with Gasteiger partial charge in [-0.05, 0) is 30.4 Å². The summed E-state index contributed by atoms with van der Waals surface area (Å²) in [6.45, 7) is 0. The molecule has 1 aromatic rings. The molecule has 76 valence electrons. The van der Waals surface area contributed by atoms with Crippen LogP contribution in [0.1, 0.15) is 50.0 Å². The lowest BCUT2D eigenvalue weighted by Crippen LogP contribution is -1.99. The molecule has 1 aliphatic rings. The minimum Gasteiger partial charge on any atom is -0.207 e. The average molecular weight is 192 g/mol. The van der Waals surface area contributed by atoms with Gasteiger partial charge in [0.05, 0.1) is 0 Å². The van der Waals surface area contributed by atoms with Crippen molar-refractivity contribution >= 4 is 0 Å². The van der Waals surface area contributed by atoms with Crippen LogP contribution < -0.4 is 0 Å². The third kappa shape index (κ3) is 2.14. The van der Waals surface area contributed by atoms with E-state index in [0.29, 0.717) is 5.92 Å². The molecule has 1 heteroatoms. The Labute approximate surface area is 85.1 Å². The molecule has 0 bridgehead atoms. The van der Waals surface area contributed by atoms with Crippen molar-refractivity contribution in [2.45, 2.75) is 44.4 Å². The van der Waals surface area contributed by atoms with Crippen molar-refractivity contribution in [3.05, 3.63) is 35.6 Å². The quantitative estimate of drug-likeness (QED) is 0.583. The minimum absolute atomic E-state index is 0.0144. The second-order valence-electron chi connectivity index (χ2n) is 4.21. The fourth-order valence-electron chi connectivity index (χ4n) is 2.40. The fraction of sp³-hybridized carbons (Fsp3) is 0.538. The van der Waals surface area contributed by atoms with Crippen LogP contribution in [-0.2, 0) is 0 Å². The predicted molar refractivity (Wildman–Crippen MR) is 56.8 cm³/mol. The smallest absolute Gasteiger partial charge is 0.126 e. The molecule has 1 aliphatic carbocycles. The first-order chi connectivity index (χ1) is 6.88. The molecule has 0 heterocycles. The molecule has 14 heavy (non-hydrogen) atoms. The SMILES string of the molecule is Fc1ccccc1C1CCCCCC1. The van der Waals surface area contributed by atoms with E-state index in [1.165, 1.54) is 38.5 Å². The van der Waals surface area contributed by atoms with Crippen LogP contribution >= 0.6 is 0 Å². The molecule has 0 aromatic heterocycles. The van der Waals surface area contributed by atoms with E-state index >= 15 is 0 Å². The topological polar surface area (TPSA) is 0 Å². The van der Waals surface area contributed by atoms with Gasteiger partial charge in [0.2, 0.25) is 0 Å². The van der Waals surface area contributed by atoms with Gasteiger partial charge in [-0.2, -0.15) is 0 Å². The highest BCUT2D eigenvalue weighted by molar-refractivity contribution is 5.21. The molecule has 0 unspecified atom stereocenters. The van der Waals surface area contributed by atoms with E-state index in [2.05, 4.69) is 0 Å². The normalized spacial score (nSPS) is 19.2. The number of hydrogen-bond acceptors (Lipinski definition) is 0. The fourth-order valence-corrected chi connectivity index (χ4v) is 2.40. The first-order valence-corrected chi connectivity index (χ1v) is 5.62. The second kappa shape index (κ2) is 4.59. The van der Waals surface area contributed by atoms with E-state index in [-0.39, 0.29) is 5.82 Å². The Balaban J connectivity index is 2.16. The summed E-state index contributed by atoms with van der Waals surface area (Å²) in [6.07, 6.45) is 7.51. The lowest BCUT2D eigenvalue weighted by atomic mass is 9.91. The van der Waals surface area contributed by atoms with Crippen molar-refractivity contribution in [1.82, 2.24) is 0 Å². The number of halogens is 1. The Bertz CT molecular complexity index is 285. The van der Waals surface area contributed by atoms with Crippen LogP contribution in [0.25, 0.3) is 0 Å². The summed E-state index contributed by atoms with van der Waals surface area (Å²) in [5, 5.41) is 0. The van der Waals surface area contributed by atoms with E-state index < -0.39 is 0 Å². The van der Waals surface area contributed by atoms with Crippen molar-refractivity contribution in [3.63, 3.8) is 0 Å². The van der Waals surface area contributed by atoms with Crippen molar-refractivity contribution in [2.75, 3.05) is 0 Å². The molecule has 0 nitrogen and oxygen atoms in total. The Kier molecular flexibility index (Phi) is 3.18. The van der Waals surface area contributed by atoms with Gasteiger partial charge in [0, 0.05) is 0 Å². The number of hydrogen-bond donors (Lipinski definition) is 0. The molecule has 1 fully saturated rings. The lowest BCUT2D eigenvalue weighted by Gasteiger charge is -2.14. The zero-order valence-corrected chi connectivity index (χ0v) is 8.51. The van der Waals surface area contributed by atoms with Crippen molar-refractivity contribution in [3.8, 4) is 0 Å². The molecule has 0 aliphatic heterocycles. The molecule has 1 aromatic carbocycles. The van der Waals surface area contributed by atoms with Crippen LogP contribution in [0.3, 0.4) is 0 Å². The first kappa shape index (κ1) is 9.70. The monoisotopic (exact) mass is 192 g/mol. The maximum atomic E-state index is 13.5. The van der Waals surface area contributed by atoms with E-state index in [1.54, 1.807) is 12.1 Å². The highest BCUT2D eigenvalue weighted by Gasteiger charge is 2.16. The summed E-state index contributed by atoms with van der Waals surface area (Å²) in [5.41, 5.74) is 0.939. The summed E-state index contributed by atoms with van der Waals surface area (Å²) in [5.74, 6) is 0.457. The molecule has 0 radical (unpaired) electrons. The van der Waals surface area contributed by atoms with E-state index in [9.17, 15) is 4.39 Å². The van der Waals surface area contributed by atoms with E-state index in [4.69, 9.17) is 0 Å². The molecule has 1 saturated carbocycles. The third-order valence-corrected chi connectivity index (χ3v) is 3.20. The Hall–Kier alpha value is -0.850. The van der Waals surface area contributed by atoms with Gasteiger partial charge < -0.3 is 0 Å². The molecule has 0 spiro atoms. The molecule has 0 N–H and O–H groups in total. The molecular weight excluding hydrogens is 175 g/mol. The molecule has 0 saturated heterocycles.